The standard InChI is InChI=1S/C12H16N2OS/c1-9(7-13-2)8-16-12-14-10-5-3-4-6-11(10)15-12/h3-6,9,13H,7-8H2,1-2H3. The van der Waals surface area contributed by atoms with Crippen molar-refractivity contribution in [3.05, 3.63) is 24.3 Å². The van der Waals surface area contributed by atoms with E-state index in [9.17, 15) is 0 Å². The van der Waals surface area contributed by atoms with Gasteiger partial charge in [-0.15, -0.1) is 0 Å². The van der Waals surface area contributed by atoms with Crippen LogP contribution in [0.2, 0.25) is 0 Å². The zero-order chi connectivity index (χ0) is 11.4. The van der Waals surface area contributed by atoms with Gasteiger partial charge in [-0.2, -0.15) is 0 Å². The smallest absolute Gasteiger partial charge is 0.256 e. The topological polar surface area (TPSA) is 38.1 Å². The fourth-order valence-corrected chi connectivity index (χ4v) is 2.39. The molecule has 0 aliphatic heterocycles. The molecule has 0 spiro atoms. The first-order valence-corrected chi connectivity index (χ1v) is 6.41. The lowest BCUT2D eigenvalue weighted by Gasteiger charge is -2.07. The molecule has 1 N–H and O–H groups in total. The fraction of sp³-hybridized carbons (Fsp3) is 0.417. The molecule has 16 heavy (non-hydrogen) atoms. The van der Waals surface area contributed by atoms with E-state index in [1.54, 1.807) is 11.8 Å². The predicted octanol–water partition coefficient (Wildman–Crippen LogP) is 2.78. The molecule has 0 fully saturated rings. The molecule has 4 heteroatoms. The second-order valence-corrected chi connectivity index (χ2v) is 4.89. The highest BCUT2D eigenvalue weighted by Gasteiger charge is 2.07. The van der Waals surface area contributed by atoms with Crippen molar-refractivity contribution >= 4 is 22.9 Å². The van der Waals surface area contributed by atoms with Gasteiger partial charge < -0.3 is 9.73 Å². The molecule has 0 saturated carbocycles. The van der Waals surface area contributed by atoms with E-state index in [4.69, 9.17) is 4.42 Å². The molecule has 1 unspecified atom stereocenters. The Hall–Kier alpha value is -1.00. The Morgan fingerprint density at radius 3 is 3.00 bits per heavy atom. The van der Waals surface area contributed by atoms with Crippen molar-refractivity contribution < 1.29 is 4.42 Å². The average Bonchev–Trinajstić information content (AvgIpc) is 2.69. The van der Waals surface area contributed by atoms with E-state index in [2.05, 4.69) is 17.2 Å². The van der Waals surface area contributed by atoms with E-state index in [0.717, 1.165) is 28.6 Å². The number of hydrogen-bond donors (Lipinski definition) is 1. The molecule has 0 saturated heterocycles. The van der Waals surface area contributed by atoms with Crippen molar-refractivity contribution in [3.8, 4) is 0 Å². The van der Waals surface area contributed by atoms with Crippen LogP contribution in [0.1, 0.15) is 6.92 Å². The van der Waals surface area contributed by atoms with Crippen LogP contribution in [0, 0.1) is 5.92 Å². The lowest BCUT2D eigenvalue weighted by atomic mass is 10.2. The third-order valence-corrected chi connectivity index (χ3v) is 3.48. The SMILES string of the molecule is CNCC(C)CSc1nc2ccccc2o1. The number of rotatable bonds is 5. The Morgan fingerprint density at radius 2 is 2.25 bits per heavy atom. The summed E-state index contributed by atoms with van der Waals surface area (Å²) in [7, 11) is 1.97. The van der Waals surface area contributed by atoms with Gasteiger partial charge in [0, 0.05) is 5.75 Å². The molecule has 3 nitrogen and oxygen atoms in total. The maximum atomic E-state index is 5.63. The van der Waals surface area contributed by atoms with Gasteiger partial charge in [0.2, 0.25) is 0 Å². The summed E-state index contributed by atoms with van der Waals surface area (Å²) in [5.41, 5.74) is 1.80. The monoisotopic (exact) mass is 236 g/mol. The number of nitrogens with zero attached hydrogens (tertiary/aromatic N) is 1. The molecular weight excluding hydrogens is 220 g/mol. The van der Waals surface area contributed by atoms with E-state index in [-0.39, 0.29) is 0 Å². The number of hydrogen-bond acceptors (Lipinski definition) is 4. The lowest BCUT2D eigenvalue weighted by Crippen LogP contribution is -2.17. The number of aromatic nitrogens is 1. The van der Waals surface area contributed by atoms with Crippen LogP contribution in [0.25, 0.3) is 11.1 Å². The zero-order valence-electron chi connectivity index (χ0n) is 9.56. The van der Waals surface area contributed by atoms with Crippen LogP contribution in [-0.4, -0.2) is 24.3 Å². The van der Waals surface area contributed by atoms with Crippen LogP contribution in [-0.2, 0) is 0 Å². The Balaban J connectivity index is 1.99. The molecule has 0 aliphatic carbocycles. The number of para-hydroxylation sites is 2. The van der Waals surface area contributed by atoms with E-state index in [1.807, 2.05) is 31.3 Å². The van der Waals surface area contributed by atoms with Crippen LogP contribution in [0.4, 0.5) is 0 Å². The van der Waals surface area contributed by atoms with Gasteiger partial charge in [0.15, 0.2) is 5.58 Å². The first-order chi connectivity index (χ1) is 7.79. The van der Waals surface area contributed by atoms with Gasteiger partial charge in [-0.25, -0.2) is 4.98 Å². The summed E-state index contributed by atoms with van der Waals surface area (Å²) >= 11 is 1.68. The summed E-state index contributed by atoms with van der Waals surface area (Å²) in [6.07, 6.45) is 0. The molecule has 1 aromatic heterocycles. The number of fused-ring (bicyclic) bond motifs is 1. The minimum atomic E-state index is 0.616. The number of nitrogens with one attached hydrogen (secondary N) is 1. The lowest BCUT2D eigenvalue weighted by molar-refractivity contribution is 0.487. The molecule has 0 amide bonds. The first kappa shape index (κ1) is 11.5. The van der Waals surface area contributed by atoms with Crippen LogP contribution >= 0.6 is 11.8 Å². The van der Waals surface area contributed by atoms with Gasteiger partial charge in [-0.3, -0.25) is 0 Å². The summed E-state index contributed by atoms with van der Waals surface area (Å²) in [6.45, 7) is 3.24. The fourth-order valence-electron chi connectivity index (χ4n) is 1.53. The van der Waals surface area contributed by atoms with Crippen molar-refractivity contribution in [2.45, 2.75) is 12.1 Å². The van der Waals surface area contributed by atoms with Crippen LogP contribution in [0.3, 0.4) is 0 Å². The summed E-state index contributed by atoms with van der Waals surface area (Å²) in [4.78, 5) is 4.42. The Morgan fingerprint density at radius 1 is 1.44 bits per heavy atom. The van der Waals surface area contributed by atoms with Crippen molar-refractivity contribution in [1.29, 1.82) is 0 Å². The van der Waals surface area contributed by atoms with Gasteiger partial charge in [0.05, 0.1) is 0 Å². The predicted molar refractivity (Wildman–Crippen MR) is 67.8 cm³/mol. The molecule has 1 atom stereocenters. The van der Waals surface area contributed by atoms with Gasteiger partial charge in [-0.05, 0) is 31.6 Å². The van der Waals surface area contributed by atoms with Crippen LogP contribution in [0.15, 0.2) is 33.9 Å². The van der Waals surface area contributed by atoms with Crippen molar-refractivity contribution in [3.63, 3.8) is 0 Å². The number of benzene rings is 1. The Bertz CT molecular complexity index is 422. The molecule has 2 rings (SSSR count). The number of thioether (sulfide) groups is 1. The molecule has 86 valence electrons. The van der Waals surface area contributed by atoms with Crippen molar-refractivity contribution in [2.75, 3.05) is 19.3 Å². The van der Waals surface area contributed by atoms with Crippen molar-refractivity contribution in [1.82, 2.24) is 10.3 Å². The molecule has 2 aromatic rings. The largest absolute Gasteiger partial charge is 0.431 e. The molecule has 0 bridgehead atoms. The maximum Gasteiger partial charge on any atom is 0.256 e. The Kier molecular flexibility index (Phi) is 3.85. The third-order valence-electron chi connectivity index (χ3n) is 2.32. The highest BCUT2D eigenvalue weighted by atomic mass is 32.2. The molecule has 1 aromatic carbocycles. The minimum absolute atomic E-state index is 0.616. The molecule has 1 heterocycles. The normalized spacial score (nSPS) is 13.1. The summed E-state index contributed by atoms with van der Waals surface area (Å²) in [6, 6.07) is 7.86. The highest BCUT2D eigenvalue weighted by Crippen LogP contribution is 2.24. The maximum absolute atomic E-state index is 5.63. The quantitative estimate of drug-likeness (QED) is 0.810. The average molecular weight is 236 g/mol. The summed E-state index contributed by atoms with van der Waals surface area (Å²) < 4.78 is 5.63. The van der Waals surface area contributed by atoms with Crippen molar-refractivity contribution in [2.24, 2.45) is 5.92 Å². The van der Waals surface area contributed by atoms with E-state index in [1.165, 1.54) is 0 Å². The van der Waals surface area contributed by atoms with E-state index in [0.29, 0.717) is 5.92 Å². The van der Waals surface area contributed by atoms with Crippen LogP contribution < -0.4 is 5.32 Å². The van der Waals surface area contributed by atoms with E-state index < -0.39 is 0 Å². The third kappa shape index (κ3) is 2.77. The molecule has 0 radical (unpaired) electrons. The second-order valence-electron chi connectivity index (χ2n) is 3.92. The highest BCUT2D eigenvalue weighted by molar-refractivity contribution is 7.99. The first-order valence-electron chi connectivity index (χ1n) is 5.42. The summed E-state index contributed by atoms with van der Waals surface area (Å²) in [5.74, 6) is 1.64. The zero-order valence-corrected chi connectivity index (χ0v) is 10.4. The van der Waals surface area contributed by atoms with E-state index >= 15 is 0 Å². The Labute approximate surface area is 99.6 Å². The van der Waals surface area contributed by atoms with Crippen LogP contribution in [0.5, 0.6) is 0 Å². The molecule has 0 aliphatic rings. The summed E-state index contributed by atoms with van der Waals surface area (Å²) in [5, 5.41) is 3.93. The van der Waals surface area contributed by atoms with Gasteiger partial charge in [-0.1, -0.05) is 30.8 Å². The number of oxazole rings is 1. The minimum Gasteiger partial charge on any atom is -0.431 e. The molecular formula is C12H16N2OS. The second kappa shape index (κ2) is 5.37. The van der Waals surface area contributed by atoms with Gasteiger partial charge in [0.25, 0.3) is 5.22 Å². The van der Waals surface area contributed by atoms with Gasteiger partial charge in [0.1, 0.15) is 5.52 Å². The van der Waals surface area contributed by atoms with Gasteiger partial charge >= 0.3 is 0 Å².